The zero-order chi connectivity index (χ0) is 22.3. The maximum atomic E-state index is 12.4. The van der Waals surface area contributed by atoms with Crippen LogP contribution < -0.4 is 19.5 Å². The molecular formula is C20H22N2O8. The Hall–Kier alpha value is -3.82. The van der Waals surface area contributed by atoms with Crippen molar-refractivity contribution in [3.8, 4) is 17.2 Å². The molecule has 2 aromatic rings. The average molecular weight is 418 g/mol. The molecule has 0 spiro atoms. The first-order valence-corrected chi connectivity index (χ1v) is 8.82. The van der Waals surface area contributed by atoms with Gasteiger partial charge in [0, 0.05) is 6.07 Å². The molecule has 0 radical (unpaired) electrons. The van der Waals surface area contributed by atoms with Gasteiger partial charge >= 0.3 is 5.97 Å². The van der Waals surface area contributed by atoms with Crippen molar-refractivity contribution in [2.45, 2.75) is 19.4 Å². The fourth-order valence-corrected chi connectivity index (χ4v) is 2.58. The maximum absolute atomic E-state index is 12.4. The van der Waals surface area contributed by atoms with E-state index in [-0.39, 0.29) is 23.5 Å². The van der Waals surface area contributed by atoms with E-state index in [9.17, 15) is 19.7 Å². The summed E-state index contributed by atoms with van der Waals surface area (Å²) in [5.41, 5.74) is 0.664. The minimum atomic E-state index is -1.10. The molecule has 2 aromatic carbocycles. The van der Waals surface area contributed by atoms with Crippen molar-refractivity contribution in [3.63, 3.8) is 0 Å². The molecule has 0 aliphatic rings. The highest BCUT2D eigenvalue weighted by Crippen LogP contribution is 2.29. The summed E-state index contributed by atoms with van der Waals surface area (Å²) in [6.45, 7) is 1.42. The van der Waals surface area contributed by atoms with E-state index < -0.39 is 22.9 Å². The van der Waals surface area contributed by atoms with Gasteiger partial charge in [0.25, 0.3) is 11.6 Å². The van der Waals surface area contributed by atoms with E-state index >= 15 is 0 Å². The van der Waals surface area contributed by atoms with E-state index in [0.29, 0.717) is 17.1 Å². The standard InChI is InChI=1S/C20H22N2O8/c1-12(20(24)21-15-7-6-14(22(25)26)11-17(15)28-3)30-19(23)10-13-5-8-16(27-2)18(9-13)29-4/h5-9,11-12H,10H2,1-4H3,(H,21,24)/t12-/m1/s1. The Bertz CT molecular complexity index is 944. The van der Waals surface area contributed by atoms with Gasteiger partial charge in [0.2, 0.25) is 0 Å². The third kappa shape index (κ3) is 5.60. The first-order chi connectivity index (χ1) is 14.3. The first-order valence-electron chi connectivity index (χ1n) is 8.82. The Morgan fingerprint density at radius 2 is 1.67 bits per heavy atom. The number of nitro groups is 1. The molecule has 160 valence electrons. The number of nitrogens with one attached hydrogen (secondary N) is 1. The smallest absolute Gasteiger partial charge is 0.311 e. The lowest BCUT2D eigenvalue weighted by Gasteiger charge is -2.15. The van der Waals surface area contributed by atoms with E-state index in [1.165, 1.54) is 46.5 Å². The zero-order valence-corrected chi connectivity index (χ0v) is 17.0. The maximum Gasteiger partial charge on any atom is 0.311 e. The normalized spacial score (nSPS) is 11.2. The molecule has 1 amide bonds. The Labute approximate surface area is 172 Å². The number of anilines is 1. The first kappa shape index (κ1) is 22.5. The average Bonchev–Trinajstić information content (AvgIpc) is 2.73. The largest absolute Gasteiger partial charge is 0.494 e. The van der Waals surface area contributed by atoms with Crippen LogP contribution in [0, 0.1) is 10.1 Å². The summed E-state index contributed by atoms with van der Waals surface area (Å²) >= 11 is 0. The van der Waals surface area contributed by atoms with E-state index in [1.807, 2.05) is 0 Å². The summed E-state index contributed by atoms with van der Waals surface area (Å²) in [6.07, 6.45) is -1.17. The number of nitrogens with zero attached hydrogens (tertiary/aromatic N) is 1. The van der Waals surface area contributed by atoms with Crippen LogP contribution in [0.1, 0.15) is 12.5 Å². The highest BCUT2D eigenvalue weighted by molar-refractivity contribution is 5.96. The van der Waals surface area contributed by atoms with Gasteiger partial charge in [0.1, 0.15) is 5.75 Å². The second kappa shape index (κ2) is 10.1. The molecule has 0 saturated heterocycles. The molecule has 0 aliphatic carbocycles. The van der Waals surface area contributed by atoms with Crippen molar-refractivity contribution >= 4 is 23.3 Å². The minimum Gasteiger partial charge on any atom is -0.494 e. The molecule has 1 N–H and O–H groups in total. The van der Waals surface area contributed by atoms with Crippen LogP contribution in [0.5, 0.6) is 17.2 Å². The van der Waals surface area contributed by atoms with Gasteiger partial charge in [-0.3, -0.25) is 19.7 Å². The second-order valence-electron chi connectivity index (χ2n) is 6.13. The predicted molar refractivity (Wildman–Crippen MR) is 107 cm³/mol. The van der Waals surface area contributed by atoms with Crippen molar-refractivity contribution in [1.29, 1.82) is 0 Å². The molecule has 10 nitrogen and oxygen atoms in total. The number of amides is 1. The molecule has 10 heteroatoms. The summed E-state index contributed by atoms with van der Waals surface area (Å²) in [5.74, 6) is -0.108. The number of nitro benzene ring substituents is 1. The van der Waals surface area contributed by atoms with Crippen molar-refractivity contribution in [1.82, 2.24) is 0 Å². The molecule has 0 unspecified atom stereocenters. The van der Waals surface area contributed by atoms with Gasteiger partial charge in [-0.25, -0.2) is 0 Å². The van der Waals surface area contributed by atoms with Crippen molar-refractivity contribution < 1.29 is 33.5 Å². The summed E-state index contributed by atoms with van der Waals surface area (Å²) in [7, 11) is 4.31. The fourth-order valence-electron chi connectivity index (χ4n) is 2.58. The molecule has 2 rings (SSSR count). The molecule has 1 atom stereocenters. The second-order valence-corrected chi connectivity index (χ2v) is 6.13. The number of rotatable bonds is 9. The topological polar surface area (TPSA) is 126 Å². The number of ether oxygens (including phenoxy) is 4. The minimum absolute atomic E-state index is 0.0706. The fraction of sp³-hybridized carbons (Fsp3) is 0.300. The van der Waals surface area contributed by atoms with E-state index in [4.69, 9.17) is 18.9 Å². The molecular weight excluding hydrogens is 396 g/mol. The van der Waals surface area contributed by atoms with E-state index in [1.54, 1.807) is 18.2 Å². The van der Waals surface area contributed by atoms with Crippen molar-refractivity contribution in [3.05, 3.63) is 52.1 Å². The Kier molecular flexibility index (Phi) is 7.56. The van der Waals surface area contributed by atoms with Gasteiger partial charge in [-0.05, 0) is 30.7 Å². The van der Waals surface area contributed by atoms with Gasteiger partial charge < -0.3 is 24.3 Å². The van der Waals surface area contributed by atoms with E-state index in [0.717, 1.165) is 0 Å². The lowest BCUT2D eigenvalue weighted by molar-refractivity contribution is -0.384. The highest BCUT2D eigenvalue weighted by Gasteiger charge is 2.21. The molecule has 0 aliphatic heterocycles. The summed E-state index contributed by atoms with van der Waals surface area (Å²) in [5, 5.41) is 13.4. The molecule has 0 fully saturated rings. The molecule has 0 aromatic heterocycles. The summed E-state index contributed by atoms with van der Waals surface area (Å²) in [6, 6.07) is 8.75. The lowest BCUT2D eigenvalue weighted by atomic mass is 10.1. The SMILES string of the molecule is COc1cc([N+](=O)[O-])ccc1NC(=O)[C@@H](C)OC(=O)Cc1ccc(OC)c(OC)c1. The Morgan fingerprint density at radius 1 is 1.00 bits per heavy atom. The monoisotopic (exact) mass is 418 g/mol. The number of carbonyl (C=O) groups excluding carboxylic acids is 2. The third-order valence-corrected chi connectivity index (χ3v) is 4.13. The lowest BCUT2D eigenvalue weighted by Crippen LogP contribution is -2.30. The third-order valence-electron chi connectivity index (χ3n) is 4.13. The van der Waals surface area contributed by atoms with Gasteiger partial charge in [-0.15, -0.1) is 0 Å². The number of carbonyl (C=O) groups is 2. The summed E-state index contributed by atoms with van der Waals surface area (Å²) in [4.78, 5) is 34.8. The number of hydrogen-bond donors (Lipinski definition) is 1. The van der Waals surface area contributed by atoms with Crippen LogP contribution in [-0.2, 0) is 20.7 Å². The summed E-state index contributed by atoms with van der Waals surface area (Å²) < 4.78 is 20.6. The van der Waals surface area contributed by atoms with Gasteiger partial charge in [-0.1, -0.05) is 6.07 Å². The van der Waals surface area contributed by atoms with Crippen molar-refractivity contribution in [2.24, 2.45) is 0 Å². The zero-order valence-electron chi connectivity index (χ0n) is 17.0. The number of hydrogen-bond acceptors (Lipinski definition) is 8. The van der Waals surface area contributed by atoms with Gasteiger partial charge in [0.05, 0.1) is 44.4 Å². The van der Waals surface area contributed by atoms with Crippen LogP contribution in [0.25, 0.3) is 0 Å². The van der Waals surface area contributed by atoms with Crippen LogP contribution in [0.3, 0.4) is 0 Å². The van der Waals surface area contributed by atoms with Crippen LogP contribution in [0.2, 0.25) is 0 Å². The van der Waals surface area contributed by atoms with Crippen LogP contribution >= 0.6 is 0 Å². The highest BCUT2D eigenvalue weighted by atomic mass is 16.6. The van der Waals surface area contributed by atoms with Crippen LogP contribution in [0.4, 0.5) is 11.4 Å². The molecule has 0 saturated carbocycles. The number of esters is 1. The molecule has 30 heavy (non-hydrogen) atoms. The molecule has 0 bridgehead atoms. The predicted octanol–water partition coefficient (Wildman–Crippen LogP) is 2.73. The van der Waals surface area contributed by atoms with Gasteiger partial charge in [-0.2, -0.15) is 0 Å². The quantitative estimate of drug-likeness (QED) is 0.374. The molecule has 0 heterocycles. The van der Waals surface area contributed by atoms with Gasteiger partial charge in [0.15, 0.2) is 17.6 Å². The Balaban J connectivity index is 2.00. The van der Waals surface area contributed by atoms with E-state index in [2.05, 4.69) is 5.32 Å². The number of methoxy groups -OCH3 is 3. The number of benzene rings is 2. The number of non-ortho nitro benzene ring substituents is 1. The van der Waals surface area contributed by atoms with Crippen LogP contribution in [0.15, 0.2) is 36.4 Å². The van der Waals surface area contributed by atoms with Crippen molar-refractivity contribution in [2.75, 3.05) is 26.6 Å². The van der Waals surface area contributed by atoms with Crippen LogP contribution in [-0.4, -0.2) is 44.2 Å². The Morgan fingerprint density at radius 3 is 2.27 bits per heavy atom.